The van der Waals surface area contributed by atoms with Gasteiger partial charge in [0.05, 0.1) is 11.1 Å². The molecule has 1 nitrogen and oxygen atoms in total. The van der Waals surface area contributed by atoms with Gasteiger partial charge in [0.15, 0.2) is 0 Å². The smallest absolute Gasteiger partial charge is 0.142 e. The minimum absolute atomic E-state index is 0.0603. The largest absolute Gasteiger partial charge is 0.306 e. The van der Waals surface area contributed by atoms with E-state index in [-0.39, 0.29) is 10.6 Å². The molecule has 1 atom stereocenters. The van der Waals surface area contributed by atoms with Crippen LogP contribution in [0, 0.1) is 17.5 Å². The lowest BCUT2D eigenvalue weighted by Crippen LogP contribution is -2.24. The molecule has 1 unspecified atom stereocenters. The van der Waals surface area contributed by atoms with Gasteiger partial charge in [0.1, 0.15) is 17.5 Å². The quantitative estimate of drug-likeness (QED) is 0.832. The van der Waals surface area contributed by atoms with E-state index in [1.807, 2.05) is 6.92 Å². The van der Waals surface area contributed by atoms with Crippen molar-refractivity contribution in [2.24, 2.45) is 0 Å². The van der Waals surface area contributed by atoms with E-state index in [4.69, 9.17) is 11.6 Å². The van der Waals surface area contributed by atoms with Crippen molar-refractivity contribution in [3.8, 4) is 0 Å². The van der Waals surface area contributed by atoms with Crippen molar-refractivity contribution in [3.63, 3.8) is 0 Å². The second kappa shape index (κ2) is 6.96. The maximum atomic E-state index is 14.0. The van der Waals surface area contributed by atoms with E-state index in [1.54, 1.807) is 6.07 Å². The van der Waals surface area contributed by atoms with Crippen LogP contribution in [0.25, 0.3) is 0 Å². The molecule has 0 aromatic heterocycles. The summed E-state index contributed by atoms with van der Waals surface area (Å²) in [5, 5.41) is 3.06. The summed E-state index contributed by atoms with van der Waals surface area (Å²) in [5.41, 5.74) is 0.660. The lowest BCUT2D eigenvalue weighted by Gasteiger charge is -2.21. The zero-order valence-corrected chi connectivity index (χ0v) is 12.2. The fourth-order valence-corrected chi connectivity index (χ4v) is 2.39. The van der Waals surface area contributed by atoms with Crippen molar-refractivity contribution in [1.29, 1.82) is 0 Å². The first-order valence-electron chi connectivity index (χ1n) is 6.66. The van der Waals surface area contributed by atoms with Gasteiger partial charge in [0.25, 0.3) is 0 Å². The van der Waals surface area contributed by atoms with Crippen molar-refractivity contribution >= 4 is 11.6 Å². The fourth-order valence-electron chi connectivity index (χ4n) is 2.16. The van der Waals surface area contributed by atoms with Crippen LogP contribution in [0.4, 0.5) is 13.2 Å². The third kappa shape index (κ3) is 3.57. The Hall–Kier alpha value is -1.52. The van der Waals surface area contributed by atoms with Crippen LogP contribution >= 0.6 is 11.6 Å². The Bertz CT molecular complexity index is 631. The molecule has 0 saturated carbocycles. The standard InChI is InChI=1S/C16H15ClF3N/c1-2-8-21-16(11-7-6-10(18)9-14(11)20)12-4-3-5-13(19)15(12)17/h3-7,9,16,21H,2,8H2,1H3. The van der Waals surface area contributed by atoms with Crippen LogP contribution in [-0.4, -0.2) is 6.54 Å². The summed E-state index contributed by atoms with van der Waals surface area (Å²) in [6.07, 6.45) is 0.812. The molecule has 0 spiro atoms. The summed E-state index contributed by atoms with van der Waals surface area (Å²) in [6.45, 7) is 2.55. The Morgan fingerprint density at radius 3 is 2.48 bits per heavy atom. The van der Waals surface area contributed by atoms with E-state index in [0.717, 1.165) is 12.5 Å². The van der Waals surface area contributed by atoms with Crippen molar-refractivity contribution in [2.75, 3.05) is 6.54 Å². The van der Waals surface area contributed by atoms with Crippen molar-refractivity contribution in [3.05, 3.63) is 70.0 Å². The molecule has 5 heteroatoms. The molecule has 2 aromatic carbocycles. The molecule has 0 fully saturated rings. The number of rotatable bonds is 5. The second-order valence-corrected chi connectivity index (χ2v) is 5.07. The van der Waals surface area contributed by atoms with Gasteiger partial charge in [0.2, 0.25) is 0 Å². The van der Waals surface area contributed by atoms with Crippen molar-refractivity contribution in [1.82, 2.24) is 5.32 Å². The molecule has 0 bridgehead atoms. The Balaban J connectivity index is 2.49. The molecule has 2 rings (SSSR count). The monoisotopic (exact) mass is 313 g/mol. The number of benzene rings is 2. The third-order valence-corrected chi connectivity index (χ3v) is 3.56. The van der Waals surface area contributed by atoms with Gasteiger partial charge in [-0.2, -0.15) is 0 Å². The fraction of sp³-hybridized carbons (Fsp3) is 0.250. The second-order valence-electron chi connectivity index (χ2n) is 4.70. The molecular weight excluding hydrogens is 299 g/mol. The number of nitrogens with one attached hydrogen (secondary N) is 1. The molecule has 0 aliphatic heterocycles. The predicted molar refractivity (Wildman–Crippen MR) is 77.9 cm³/mol. The lowest BCUT2D eigenvalue weighted by molar-refractivity contribution is 0.530. The van der Waals surface area contributed by atoms with E-state index < -0.39 is 23.5 Å². The van der Waals surface area contributed by atoms with E-state index in [1.165, 1.54) is 24.3 Å². The summed E-state index contributed by atoms with van der Waals surface area (Å²) >= 11 is 5.99. The molecule has 0 saturated heterocycles. The Morgan fingerprint density at radius 2 is 1.81 bits per heavy atom. The van der Waals surface area contributed by atoms with Crippen LogP contribution in [0.15, 0.2) is 36.4 Å². The normalized spacial score (nSPS) is 12.4. The van der Waals surface area contributed by atoms with Crippen LogP contribution in [0.5, 0.6) is 0 Å². The first-order chi connectivity index (χ1) is 10.0. The van der Waals surface area contributed by atoms with Gasteiger partial charge in [-0.15, -0.1) is 0 Å². The Kier molecular flexibility index (Phi) is 5.26. The van der Waals surface area contributed by atoms with Crippen molar-refractivity contribution < 1.29 is 13.2 Å². The van der Waals surface area contributed by atoms with Crippen LogP contribution in [-0.2, 0) is 0 Å². The van der Waals surface area contributed by atoms with Gasteiger partial charge in [-0.3, -0.25) is 0 Å². The van der Waals surface area contributed by atoms with Gasteiger partial charge in [-0.1, -0.05) is 36.7 Å². The first kappa shape index (κ1) is 15.9. The highest BCUT2D eigenvalue weighted by Crippen LogP contribution is 2.31. The summed E-state index contributed by atoms with van der Waals surface area (Å²) in [6, 6.07) is 7.08. The highest BCUT2D eigenvalue weighted by atomic mass is 35.5. The highest BCUT2D eigenvalue weighted by molar-refractivity contribution is 6.31. The van der Waals surface area contributed by atoms with E-state index in [0.29, 0.717) is 12.1 Å². The molecule has 1 N–H and O–H groups in total. The van der Waals surface area contributed by atoms with Gasteiger partial charge in [-0.05, 0) is 30.7 Å². The molecule has 0 aliphatic rings. The zero-order chi connectivity index (χ0) is 15.4. The maximum Gasteiger partial charge on any atom is 0.142 e. The average molecular weight is 314 g/mol. The topological polar surface area (TPSA) is 12.0 Å². The number of hydrogen-bond acceptors (Lipinski definition) is 1. The Labute approximate surface area is 126 Å². The minimum atomic E-state index is -0.691. The zero-order valence-electron chi connectivity index (χ0n) is 11.5. The summed E-state index contributed by atoms with van der Waals surface area (Å²) in [7, 11) is 0. The molecular formula is C16H15ClF3N. The Morgan fingerprint density at radius 1 is 1.05 bits per heavy atom. The maximum absolute atomic E-state index is 14.0. The van der Waals surface area contributed by atoms with E-state index in [9.17, 15) is 13.2 Å². The molecule has 112 valence electrons. The van der Waals surface area contributed by atoms with Crippen LogP contribution < -0.4 is 5.32 Å². The molecule has 0 aliphatic carbocycles. The molecule has 2 aromatic rings. The molecule has 0 amide bonds. The highest BCUT2D eigenvalue weighted by Gasteiger charge is 2.21. The minimum Gasteiger partial charge on any atom is -0.306 e. The predicted octanol–water partition coefficient (Wildman–Crippen LogP) is 4.85. The van der Waals surface area contributed by atoms with Crippen molar-refractivity contribution in [2.45, 2.75) is 19.4 Å². The molecule has 0 heterocycles. The summed E-state index contributed by atoms with van der Waals surface area (Å²) in [5.74, 6) is -1.92. The first-order valence-corrected chi connectivity index (χ1v) is 7.04. The van der Waals surface area contributed by atoms with E-state index in [2.05, 4.69) is 5.32 Å². The van der Waals surface area contributed by atoms with Gasteiger partial charge >= 0.3 is 0 Å². The summed E-state index contributed by atoms with van der Waals surface area (Å²) in [4.78, 5) is 0. The third-order valence-electron chi connectivity index (χ3n) is 3.16. The molecule has 21 heavy (non-hydrogen) atoms. The molecule has 0 radical (unpaired) electrons. The van der Waals surface area contributed by atoms with Crippen LogP contribution in [0.3, 0.4) is 0 Å². The van der Waals surface area contributed by atoms with Gasteiger partial charge < -0.3 is 5.32 Å². The SMILES string of the molecule is CCCNC(c1ccc(F)cc1F)c1cccc(F)c1Cl. The average Bonchev–Trinajstić information content (AvgIpc) is 2.45. The summed E-state index contributed by atoms with van der Waals surface area (Å²) < 4.78 is 40.7. The van der Waals surface area contributed by atoms with Crippen LogP contribution in [0.1, 0.15) is 30.5 Å². The van der Waals surface area contributed by atoms with Gasteiger partial charge in [-0.25, -0.2) is 13.2 Å². The van der Waals surface area contributed by atoms with E-state index >= 15 is 0 Å². The number of halogens is 4. The van der Waals surface area contributed by atoms with Gasteiger partial charge in [0, 0.05) is 11.6 Å². The van der Waals surface area contributed by atoms with Crippen LogP contribution in [0.2, 0.25) is 5.02 Å². The number of hydrogen-bond donors (Lipinski definition) is 1. The lowest BCUT2D eigenvalue weighted by atomic mass is 9.97.